The summed E-state index contributed by atoms with van der Waals surface area (Å²) in [5, 5.41) is 16.7. The molecule has 1 aliphatic rings. The molecule has 1 amide bonds. The van der Waals surface area contributed by atoms with E-state index in [1.54, 1.807) is 20.8 Å². The van der Waals surface area contributed by atoms with Gasteiger partial charge in [0.25, 0.3) is 5.69 Å². The minimum atomic E-state index is -0.723. The van der Waals surface area contributed by atoms with Gasteiger partial charge in [0.05, 0.1) is 35.9 Å². The highest BCUT2D eigenvalue weighted by atomic mass is 16.6. The van der Waals surface area contributed by atoms with Gasteiger partial charge in [0.15, 0.2) is 0 Å². The van der Waals surface area contributed by atoms with Crippen LogP contribution < -0.4 is 10.6 Å². The lowest BCUT2D eigenvalue weighted by atomic mass is 10.0. The molecule has 0 bridgehead atoms. The van der Waals surface area contributed by atoms with E-state index in [1.807, 2.05) is 6.92 Å². The average molecular weight is 324 g/mol. The van der Waals surface area contributed by atoms with Gasteiger partial charge in [-0.05, 0) is 27.7 Å². The van der Waals surface area contributed by atoms with Gasteiger partial charge in [-0.15, -0.1) is 0 Å². The number of nitrogens with one attached hydrogen (secondary N) is 2. The summed E-state index contributed by atoms with van der Waals surface area (Å²) < 4.78 is 10.2. The molecular weight excluding hydrogens is 304 g/mol. The van der Waals surface area contributed by atoms with Crippen molar-refractivity contribution in [2.24, 2.45) is 0 Å². The molecule has 0 radical (unpaired) electrons. The van der Waals surface area contributed by atoms with Crippen molar-refractivity contribution in [1.82, 2.24) is 4.98 Å². The zero-order valence-electron chi connectivity index (χ0n) is 13.5. The summed E-state index contributed by atoms with van der Waals surface area (Å²) in [6.07, 6.45) is 0.591. The van der Waals surface area contributed by atoms with E-state index in [0.717, 1.165) is 0 Å². The monoisotopic (exact) mass is 324 g/mol. The summed E-state index contributed by atoms with van der Waals surface area (Å²) in [6, 6.07) is 1.19. The number of amides is 1. The van der Waals surface area contributed by atoms with E-state index in [1.165, 1.54) is 12.3 Å². The second-order valence-electron chi connectivity index (χ2n) is 6.65. The predicted molar refractivity (Wildman–Crippen MR) is 83.6 cm³/mol. The molecule has 0 saturated carbocycles. The molecule has 1 aromatic rings. The summed E-state index contributed by atoms with van der Waals surface area (Å²) in [5.74, 6) is 0.0477. The second-order valence-corrected chi connectivity index (χ2v) is 6.65. The van der Waals surface area contributed by atoms with E-state index in [2.05, 4.69) is 15.6 Å². The molecule has 2 rings (SSSR count). The van der Waals surface area contributed by atoms with Crippen molar-refractivity contribution in [3.05, 3.63) is 22.4 Å². The van der Waals surface area contributed by atoms with Gasteiger partial charge in [0.2, 0.25) is 0 Å². The van der Waals surface area contributed by atoms with E-state index >= 15 is 0 Å². The van der Waals surface area contributed by atoms with Crippen LogP contribution in [-0.4, -0.2) is 40.4 Å². The summed E-state index contributed by atoms with van der Waals surface area (Å²) in [7, 11) is 0. The Hall–Kier alpha value is -2.42. The smallest absolute Gasteiger partial charge is 0.413 e. The fourth-order valence-corrected chi connectivity index (χ4v) is 1.97. The largest absolute Gasteiger partial charge is 0.444 e. The molecular formula is C14H20N4O5. The van der Waals surface area contributed by atoms with Gasteiger partial charge in [-0.3, -0.25) is 15.4 Å². The Morgan fingerprint density at radius 2 is 2.13 bits per heavy atom. The molecule has 23 heavy (non-hydrogen) atoms. The van der Waals surface area contributed by atoms with Crippen LogP contribution in [0.25, 0.3) is 0 Å². The lowest BCUT2D eigenvalue weighted by Crippen LogP contribution is -2.53. The van der Waals surface area contributed by atoms with E-state index in [9.17, 15) is 14.9 Å². The maximum atomic E-state index is 11.7. The Morgan fingerprint density at radius 3 is 2.61 bits per heavy atom. The first-order valence-corrected chi connectivity index (χ1v) is 7.08. The fraction of sp³-hybridized carbons (Fsp3) is 0.571. The van der Waals surface area contributed by atoms with E-state index < -0.39 is 16.6 Å². The number of hydrogen-bond acceptors (Lipinski definition) is 7. The third-order valence-corrected chi connectivity index (χ3v) is 2.99. The minimum Gasteiger partial charge on any atom is -0.444 e. The van der Waals surface area contributed by atoms with Crippen molar-refractivity contribution in [3.63, 3.8) is 0 Å². The first-order chi connectivity index (χ1) is 10.6. The normalized spacial score (nSPS) is 16.2. The topological polar surface area (TPSA) is 116 Å². The number of aromatic nitrogens is 1. The number of anilines is 2. The summed E-state index contributed by atoms with van der Waals surface area (Å²) >= 11 is 0. The first kappa shape index (κ1) is 16.9. The molecule has 0 aliphatic carbocycles. The molecule has 0 aromatic carbocycles. The van der Waals surface area contributed by atoms with Crippen LogP contribution in [0.5, 0.6) is 0 Å². The number of carbonyl (C=O) groups is 1. The molecule has 126 valence electrons. The maximum absolute atomic E-state index is 11.7. The number of rotatable bonds is 4. The number of carbonyl (C=O) groups excluding carboxylic acids is 1. The molecule has 9 nitrogen and oxygen atoms in total. The van der Waals surface area contributed by atoms with Crippen LogP contribution in [0.1, 0.15) is 27.7 Å². The zero-order valence-corrected chi connectivity index (χ0v) is 13.5. The Balaban J connectivity index is 2.15. The van der Waals surface area contributed by atoms with Crippen LogP contribution in [0.3, 0.4) is 0 Å². The maximum Gasteiger partial charge on any atom is 0.413 e. The highest BCUT2D eigenvalue weighted by molar-refractivity contribution is 5.84. The van der Waals surface area contributed by atoms with Gasteiger partial charge in [-0.25, -0.2) is 9.78 Å². The zero-order chi connectivity index (χ0) is 17.3. The van der Waals surface area contributed by atoms with Crippen molar-refractivity contribution in [1.29, 1.82) is 0 Å². The summed E-state index contributed by atoms with van der Waals surface area (Å²) in [6.45, 7) is 7.97. The molecule has 9 heteroatoms. The predicted octanol–water partition coefficient (Wildman–Crippen LogP) is 2.54. The Morgan fingerprint density at radius 1 is 1.48 bits per heavy atom. The number of ether oxygens (including phenoxy) is 2. The molecule has 1 aromatic heterocycles. The van der Waals surface area contributed by atoms with Crippen LogP contribution in [0.2, 0.25) is 0 Å². The molecule has 2 heterocycles. The lowest BCUT2D eigenvalue weighted by Gasteiger charge is -2.39. The molecule has 0 spiro atoms. The van der Waals surface area contributed by atoms with Gasteiger partial charge in [-0.1, -0.05) is 0 Å². The van der Waals surface area contributed by atoms with Crippen LogP contribution in [0.15, 0.2) is 12.3 Å². The SMILES string of the molecule is CC1(Nc2cnc(NC(=O)OC(C)(C)C)cc2[N+](=O)[O-])COC1. The van der Waals surface area contributed by atoms with Gasteiger partial charge in [0.1, 0.15) is 17.1 Å². The van der Waals surface area contributed by atoms with Gasteiger partial charge >= 0.3 is 6.09 Å². The number of nitro groups is 1. The van der Waals surface area contributed by atoms with Crippen LogP contribution in [0, 0.1) is 10.1 Å². The van der Waals surface area contributed by atoms with Crippen molar-refractivity contribution >= 4 is 23.3 Å². The van der Waals surface area contributed by atoms with E-state index in [0.29, 0.717) is 13.2 Å². The van der Waals surface area contributed by atoms with Crippen molar-refractivity contribution < 1.29 is 19.2 Å². The fourth-order valence-electron chi connectivity index (χ4n) is 1.97. The van der Waals surface area contributed by atoms with Crippen molar-refractivity contribution in [2.75, 3.05) is 23.8 Å². The average Bonchev–Trinajstić information content (AvgIpc) is 2.36. The Kier molecular flexibility index (Phi) is 4.42. The van der Waals surface area contributed by atoms with Crippen LogP contribution >= 0.6 is 0 Å². The van der Waals surface area contributed by atoms with Gasteiger partial charge in [0, 0.05) is 0 Å². The van der Waals surface area contributed by atoms with Crippen molar-refractivity contribution in [2.45, 2.75) is 38.8 Å². The molecule has 0 atom stereocenters. The number of pyridine rings is 1. The highest BCUT2D eigenvalue weighted by Crippen LogP contribution is 2.31. The third-order valence-electron chi connectivity index (χ3n) is 2.99. The first-order valence-electron chi connectivity index (χ1n) is 7.08. The molecule has 2 N–H and O–H groups in total. The number of nitrogens with zero attached hydrogens (tertiary/aromatic N) is 2. The standard InChI is InChI=1S/C14H20N4O5/c1-13(2,3)23-12(19)16-11-5-10(18(20)21)9(6-15-11)17-14(4)7-22-8-14/h5-6,17H,7-8H2,1-4H3,(H,15,16,19). The van der Waals surface area contributed by atoms with Gasteiger partial charge < -0.3 is 14.8 Å². The van der Waals surface area contributed by atoms with Gasteiger partial charge in [-0.2, -0.15) is 0 Å². The van der Waals surface area contributed by atoms with E-state index in [-0.39, 0.29) is 22.7 Å². The third kappa shape index (κ3) is 4.52. The Labute approximate surface area is 133 Å². The molecule has 1 aliphatic heterocycles. The van der Waals surface area contributed by atoms with Crippen molar-refractivity contribution in [3.8, 4) is 0 Å². The second kappa shape index (κ2) is 5.99. The number of hydrogen-bond donors (Lipinski definition) is 2. The highest BCUT2D eigenvalue weighted by Gasteiger charge is 2.35. The quantitative estimate of drug-likeness (QED) is 0.645. The van der Waals surface area contributed by atoms with Crippen LogP contribution in [-0.2, 0) is 9.47 Å². The molecule has 1 saturated heterocycles. The summed E-state index contributed by atoms with van der Waals surface area (Å²) in [5.41, 5.74) is -0.933. The lowest BCUT2D eigenvalue weighted by molar-refractivity contribution is -0.384. The minimum absolute atomic E-state index is 0.0477. The summed E-state index contributed by atoms with van der Waals surface area (Å²) in [4.78, 5) is 26.4. The molecule has 0 unspecified atom stereocenters. The Bertz CT molecular complexity index is 622. The van der Waals surface area contributed by atoms with Crippen LogP contribution in [0.4, 0.5) is 22.0 Å². The molecule has 1 fully saturated rings. The van der Waals surface area contributed by atoms with E-state index in [4.69, 9.17) is 9.47 Å².